The number of amides is 1. The van der Waals surface area contributed by atoms with Crippen molar-refractivity contribution in [3.63, 3.8) is 0 Å². The Hall–Kier alpha value is -2.41. The molecule has 0 spiro atoms. The third-order valence-corrected chi connectivity index (χ3v) is 6.50. The van der Waals surface area contributed by atoms with Gasteiger partial charge in [-0.15, -0.1) is 0 Å². The number of nitrogens with one attached hydrogen (secondary N) is 1. The minimum Gasteiger partial charge on any atom is -0.356 e. The molecule has 26 heavy (non-hydrogen) atoms. The highest BCUT2D eigenvalue weighted by Crippen LogP contribution is 2.21. The van der Waals surface area contributed by atoms with Crippen molar-refractivity contribution in [2.45, 2.75) is 25.8 Å². The minimum atomic E-state index is -2.94. The van der Waals surface area contributed by atoms with Gasteiger partial charge in [-0.2, -0.15) is 0 Å². The van der Waals surface area contributed by atoms with Crippen molar-refractivity contribution in [2.24, 2.45) is 0 Å². The van der Waals surface area contributed by atoms with Gasteiger partial charge in [-0.3, -0.25) is 4.79 Å². The lowest BCUT2D eigenvalue weighted by Gasteiger charge is -2.24. The highest BCUT2D eigenvalue weighted by molar-refractivity contribution is 7.91. The number of nitrogens with zero attached hydrogens (tertiary/aromatic N) is 2. The van der Waals surface area contributed by atoms with E-state index in [0.717, 1.165) is 12.1 Å². The van der Waals surface area contributed by atoms with E-state index >= 15 is 0 Å². The van der Waals surface area contributed by atoms with Crippen LogP contribution >= 0.6 is 0 Å². The minimum absolute atomic E-state index is 0.0655. The van der Waals surface area contributed by atoms with E-state index in [0.29, 0.717) is 17.8 Å². The monoisotopic (exact) mass is 373 g/mol. The second kappa shape index (κ2) is 7.45. The molecule has 2 aromatic rings. The summed E-state index contributed by atoms with van der Waals surface area (Å²) in [6.45, 7) is 2.08. The van der Waals surface area contributed by atoms with Gasteiger partial charge in [-0.25, -0.2) is 13.4 Å². The van der Waals surface area contributed by atoms with Crippen LogP contribution in [0.5, 0.6) is 0 Å². The Balaban J connectivity index is 1.65. The second-order valence-electron chi connectivity index (χ2n) is 6.58. The largest absolute Gasteiger partial charge is 0.356 e. The molecule has 1 aliphatic heterocycles. The number of pyridine rings is 1. The maximum Gasteiger partial charge on any atom is 0.257 e. The normalized spacial score (nSPS) is 18.5. The summed E-state index contributed by atoms with van der Waals surface area (Å²) in [4.78, 5) is 18.5. The molecule has 0 saturated carbocycles. The summed E-state index contributed by atoms with van der Waals surface area (Å²) in [6, 6.07) is 11.1. The van der Waals surface area contributed by atoms with Crippen molar-refractivity contribution in [1.29, 1.82) is 0 Å². The van der Waals surface area contributed by atoms with E-state index in [1.54, 1.807) is 12.1 Å². The number of sulfone groups is 1. The van der Waals surface area contributed by atoms with Crippen molar-refractivity contribution in [3.8, 4) is 0 Å². The maximum atomic E-state index is 12.3. The molecule has 1 N–H and O–H groups in total. The molecule has 1 fully saturated rings. The summed E-state index contributed by atoms with van der Waals surface area (Å²) >= 11 is 0. The molecule has 0 radical (unpaired) electrons. The Bertz CT molecular complexity index is 877. The van der Waals surface area contributed by atoms with Gasteiger partial charge >= 0.3 is 0 Å². The van der Waals surface area contributed by atoms with Crippen LogP contribution in [0.25, 0.3) is 0 Å². The van der Waals surface area contributed by atoms with Gasteiger partial charge < -0.3 is 10.2 Å². The van der Waals surface area contributed by atoms with Gasteiger partial charge in [0.25, 0.3) is 5.91 Å². The van der Waals surface area contributed by atoms with Gasteiger partial charge in [-0.1, -0.05) is 19.1 Å². The fourth-order valence-corrected chi connectivity index (χ4v) is 4.80. The molecular formula is C19H23N3O3S. The lowest BCUT2D eigenvalue weighted by Crippen LogP contribution is -2.33. The Morgan fingerprint density at radius 1 is 1.23 bits per heavy atom. The van der Waals surface area contributed by atoms with E-state index < -0.39 is 9.84 Å². The number of anilines is 2. The van der Waals surface area contributed by atoms with Crippen LogP contribution in [0.1, 0.15) is 29.3 Å². The molecule has 3 rings (SSSR count). The first kappa shape index (κ1) is 18.4. The molecule has 1 unspecified atom stereocenters. The lowest BCUT2D eigenvalue weighted by molar-refractivity contribution is 0.102. The summed E-state index contributed by atoms with van der Waals surface area (Å²) < 4.78 is 23.3. The molecule has 138 valence electrons. The zero-order chi connectivity index (χ0) is 18.7. The van der Waals surface area contributed by atoms with Gasteiger partial charge in [0.2, 0.25) is 0 Å². The van der Waals surface area contributed by atoms with Gasteiger partial charge in [0.05, 0.1) is 17.1 Å². The summed E-state index contributed by atoms with van der Waals surface area (Å²) in [5.74, 6) is 0.816. The molecule has 1 aromatic heterocycles. The first-order chi connectivity index (χ1) is 12.4. The van der Waals surface area contributed by atoms with Gasteiger partial charge in [-0.05, 0) is 42.7 Å². The zero-order valence-corrected chi connectivity index (χ0v) is 15.8. The van der Waals surface area contributed by atoms with Crippen LogP contribution in [0.15, 0.2) is 42.6 Å². The topological polar surface area (TPSA) is 79.4 Å². The van der Waals surface area contributed by atoms with Crippen LogP contribution in [0, 0.1) is 0 Å². The SMILES string of the molecule is CCc1ccc(NC(=O)c2ccc(N(C)C3CCS(=O)(=O)C3)nc2)cc1. The van der Waals surface area contributed by atoms with Gasteiger partial charge in [0, 0.05) is 25.0 Å². The van der Waals surface area contributed by atoms with Crippen LogP contribution < -0.4 is 10.2 Å². The first-order valence-electron chi connectivity index (χ1n) is 8.67. The zero-order valence-electron chi connectivity index (χ0n) is 15.0. The number of hydrogen-bond donors (Lipinski definition) is 1. The number of aryl methyl sites for hydroxylation is 1. The average Bonchev–Trinajstić information content (AvgIpc) is 3.01. The third-order valence-electron chi connectivity index (χ3n) is 4.75. The van der Waals surface area contributed by atoms with Crippen molar-refractivity contribution >= 4 is 27.2 Å². The molecular weight excluding hydrogens is 350 g/mol. The van der Waals surface area contributed by atoms with Crippen molar-refractivity contribution in [2.75, 3.05) is 28.8 Å². The number of aromatic nitrogens is 1. The maximum absolute atomic E-state index is 12.3. The predicted octanol–water partition coefficient (Wildman–Crippen LogP) is 2.52. The molecule has 2 heterocycles. The molecule has 1 saturated heterocycles. The number of rotatable bonds is 5. The Labute approximate surface area is 154 Å². The highest BCUT2D eigenvalue weighted by Gasteiger charge is 2.31. The summed E-state index contributed by atoms with van der Waals surface area (Å²) in [5.41, 5.74) is 2.41. The molecule has 1 aromatic carbocycles. The summed E-state index contributed by atoms with van der Waals surface area (Å²) in [7, 11) is -1.11. The van der Waals surface area contributed by atoms with E-state index in [1.165, 1.54) is 11.8 Å². The molecule has 6 nitrogen and oxygen atoms in total. The van der Waals surface area contributed by atoms with E-state index in [1.807, 2.05) is 36.2 Å². The molecule has 1 atom stereocenters. The number of benzene rings is 1. The summed E-state index contributed by atoms with van der Waals surface area (Å²) in [5, 5.41) is 2.85. The van der Waals surface area contributed by atoms with E-state index in [4.69, 9.17) is 0 Å². The fourth-order valence-electron chi connectivity index (χ4n) is 3.02. The van der Waals surface area contributed by atoms with E-state index in [2.05, 4.69) is 17.2 Å². The van der Waals surface area contributed by atoms with Crippen LogP contribution in [0.4, 0.5) is 11.5 Å². The average molecular weight is 373 g/mol. The predicted molar refractivity (Wildman–Crippen MR) is 103 cm³/mol. The number of carbonyl (C=O) groups is 1. The van der Waals surface area contributed by atoms with Crippen LogP contribution in [0.3, 0.4) is 0 Å². The van der Waals surface area contributed by atoms with E-state index in [-0.39, 0.29) is 23.5 Å². The first-order valence-corrected chi connectivity index (χ1v) is 10.5. The van der Waals surface area contributed by atoms with Crippen molar-refractivity contribution < 1.29 is 13.2 Å². The molecule has 0 bridgehead atoms. The van der Waals surface area contributed by atoms with Crippen molar-refractivity contribution in [1.82, 2.24) is 4.98 Å². The molecule has 7 heteroatoms. The number of hydrogen-bond acceptors (Lipinski definition) is 5. The Morgan fingerprint density at radius 2 is 1.96 bits per heavy atom. The standard InChI is InChI=1S/C19H23N3O3S/c1-3-14-4-7-16(8-5-14)21-19(23)15-6-9-18(20-12-15)22(2)17-10-11-26(24,25)13-17/h4-9,12,17H,3,10-11,13H2,1-2H3,(H,21,23). The molecule has 1 aliphatic rings. The Morgan fingerprint density at radius 3 is 2.50 bits per heavy atom. The summed E-state index contributed by atoms with van der Waals surface area (Å²) in [6.07, 6.45) is 3.08. The second-order valence-corrected chi connectivity index (χ2v) is 8.81. The molecule has 0 aliphatic carbocycles. The smallest absolute Gasteiger partial charge is 0.257 e. The molecule has 1 amide bonds. The highest BCUT2D eigenvalue weighted by atomic mass is 32.2. The third kappa shape index (κ3) is 4.22. The van der Waals surface area contributed by atoms with E-state index in [9.17, 15) is 13.2 Å². The van der Waals surface area contributed by atoms with Gasteiger partial charge in [0.1, 0.15) is 5.82 Å². The van der Waals surface area contributed by atoms with Crippen molar-refractivity contribution in [3.05, 3.63) is 53.7 Å². The Kier molecular flexibility index (Phi) is 5.27. The van der Waals surface area contributed by atoms with Crippen LogP contribution in [-0.4, -0.2) is 43.9 Å². The number of carbonyl (C=O) groups excluding carboxylic acids is 1. The van der Waals surface area contributed by atoms with Gasteiger partial charge in [0.15, 0.2) is 9.84 Å². The van der Waals surface area contributed by atoms with Crippen LogP contribution in [0.2, 0.25) is 0 Å². The lowest BCUT2D eigenvalue weighted by atomic mass is 10.1. The fraction of sp³-hybridized carbons (Fsp3) is 0.368. The van der Waals surface area contributed by atoms with Crippen LogP contribution in [-0.2, 0) is 16.3 Å². The quantitative estimate of drug-likeness (QED) is 0.871.